The quantitative estimate of drug-likeness (QED) is 0.225. The van der Waals surface area contributed by atoms with Crippen molar-refractivity contribution in [2.45, 2.75) is 48.9 Å². The molecule has 0 spiro atoms. The molecule has 0 aliphatic heterocycles. The summed E-state index contributed by atoms with van der Waals surface area (Å²) in [5.41, 5.74) is 4.34. The summed E-state index contributed by atoms with van der Waals surface area (Å²) in [6.07, 6.45) is 3.42. The second kappa shape index (κ2) is 12.6. The highest BCUT2D eigenvalue weighted by Crippen LogP contribution is 2.27. The third-order valence-electron chi connectivity index (χ3n) is 5.49. The topological polar surface area (TPSA) is 59.8 Å². The third kappa shape index (κ3) is 7.23. The number of anilines is 1. The van der Waals surface area contributed by atoms with Crippen LogP contribution in [0.4, 0.5) is 5.69 Å². The van der Waals surface area contributed by atoms with Crippen LogP contribution in [-0.2, 0) is 17.0 Å². The number of nitrogens with zero attached hydrogens (tertiary/aromatic N) is 3. The Morgan fingerprint density at radius 1 is 0.914 bits per heavy atom. The predicted octanol–water partition coefficient (Wildman–Crippen LogP) is 6.94. The van der Waals surface area contributed by atoms with Crippen LogP contribution in [0, 0.1) is 6.92 Å². The van der Waals surface area contributed by atoms with Crippen LogP contribution >= 0.6 is 23.5 Å². The SMILES string of the molecule is CCCCc1ccc(NC(=O)CSc2nnc(CSc3ccc(C)cc3)n2-c2ccccc2)cc1. The zero-order valence-electron chi connectivity index (χ0n) is 20.1. The highest BCUT2D eigenvalue weighted by Gasteiger charge is 2.16. The molecule has 0 saturated carbocycles. The van der Waals surface area contributed by atoms with Crippen molar-refractivity contribution >= 4 is 35.1 Å². The number of hydrogen-bond acceptors (Lipinski definition) is 5. The number of aryl methyl sites for hydroxylation is 2. The maximum atomic E-state index is 12.6. The Balaban J connectivity index is 1.42. The molecule has 4 aromatic rings. The Morgan fingerprint density at radius 3 is 2.37 bits per heavy atom. The number of aromatic nitrogens is 3. The summed E-state index contributed by atoms with van der Waals surface area (Å²) in [6.45, 7) is 4.28. The van der Waals surface area contributed by atoms with Crippen molar-refractivity contribution in [2.24, 2.45) is 0 Å². The first kappa shape index (κ1) is 25.1. The van der Waals surface area contributed by atoms with Crippen molar-refractivity contribution in [3.63, 3.8) is 0 Å². The molecule has 0 radical (unpaired) electrons. The Hall–Kier alpha value is -3.03. The zero-order chi connectivity index (χ0) is 24.5. The van der Waals surface area contributed by atoms with Gasteiger partial charge in [-0.15, -0.1) is 22.0 Å². The molecule has 1 aromatic heterocycles. The van der Waals surface area contributed by atoms with E-state index in [9.17, 15) is 4.79 Å². The summed E-state index contributed by atoms with van der Waals surface area (Å²) in [4.78, 5) is 13.8. The number of hydrogen-bond donors (Lipinski definition) is 1. The predicted molar refractivity (Wildman–Crippen MR) is 147 cm³/mol. The summed E-state index contributed by atoms with van der Waals surface area (Å²) in [7, 11) is 0. The number of nitrogens with one attached hydrogen (secondary N) is 1. The molecule has 4 rings (SSSR count). The lowest BCUT2D eigenvalue weighted by molar-refractivity contribution is -0.113. The van der Waals surface area contributed by atoms with Crippen LogP contribution in [0.2, 0.25) is 0 Å². The first-order valence-corrected chi connectivity index (χ1v) is 13.8. The van der Waals surface area contributed by atoms with Gasteiger partial charge in [0, 0.05) is 16.3 Å². The molecular formula is C28H30N4OS2. The molecule has 180 valence electrons. The number of rotatable bonds is 11. The average Bonchev–Trinajstić information content (AvgIpc) is 3.30. The lowest BCUT2D eigenvalue weighted by atomic mass is 10.1. The van der Waals surface area contributed by atoms with Gasteiger partial charge in [0.05, 0.1) is 11.5 Å². The summed E-state index contributed by atoms with van der Waals surface area (Å²) in [5, 5.41) is 12.6. The lowest BCUT2D eigenvalue weighted by Gasteiger charge is -2.10. The van der Waals surface area contributed by atoms with E-state index in [0.29, 0.717) is 10.9 Å². The van der Waals surface area contributed by atoms with E-state index in [4.69, 9.17) is 0 Å². The van der Waals surface area contributed by atoms with Crippen LogP contribution in [0.15, 0.2) is 88.9 Å². The van der Waals surface area contributed by atoms with E-state index in [1.165, 1.54) is 40.6 Å². The second-order valence-corrected chi connectivity index (χ2v) is 10.3. The van der Waals surface area contributed by atoms with Crippen LogP contribution < -0.4 is 5.32 Å². The largest absolute Gasteiger partial charge is 0.325 e. The smallest absolute Gasteiger partial charge is 0.234 e. The van der Waals surface area contributed by atoms with Gasteiger partial charge in [-0.1, -0.05) is 73.1 Å². The Kier molecular flexibility index (Phi) is 9.03. The van der Waals surface area contributed by atoms with E-state index < -0.39 is 0 Å². The Morgan fingerprint density at radius 2 is 1.66 bits per heavy atom. The van der Waals surface area contributed by atoms with E-state index in [1.807, 2.05) is 47.0 Å². The molecule has 3 aromatic carbocycles. The van der Waals surface area contributed by atoms with Crippen LogP contribution in [0.1, 0.15) is 36.7 Å². The van der Waals surface area contributed by atoms with Crippen molar-refractivity contribution in [1.82, 2.24) is 14.8 Å². The Bertz CT molecular complexity index is 1220. The zero-order valence-corrected chi connectivity index (χ0v) is 21.7. The molecule has 35 heavy (non-hydrogen) atoms. The van der Waals surface area contributed by atoms with Gasteiger partial charge in [-0.25, -0.2) is 0 Å². The molecule has 0 aliphatic rings. The maximum Gasteiger partial charge on any atom is 0.234 e. The van der Waals surface area contributed by atoms with E-state index in [1.54, 1.807) is 11.8 Å². The Labute approximate surface area is 215 Å². The molecular weight excluding hydrogens is 472 g/mol. The second-order valence-electron chi connectivity index (χ2n) is 8.31. The van der Waals surface area contributed by atoms with Crippen molar-refractivity contribution in [1.29, 1.82) is 0 Å². The van der Waals surface area contributed by atoms with Crippen LogP contribution in [-0.4, -0.2) is 26.4 Å². The van der Waals surface area contributed by atoms with Crippen LogP contribution in [0.5, 0.6) is 0 Å². The standard InChI is InChI=1S/C28H30N4OS2/c1-3-4-8-22-13-15-23(16-14-22)29-27(33)20-35-28-31-30-26(32(28)24-9-6-5-7-10-24)19-34-25-17-11-21(2)12-18-25/h5-7,9-18H,3-4,8,19-20H2,1-2H3,(H,29,33). The van der Waals surface area contributed by atoms with Crippen LogP contribution in [0.25, 0.3) is 5.69 Å². The van der Waals surface area contributed by atoms with Crippen molar-refractivity contribution in [3.05, 3.63) is 95.8 Å². The number of unbranched alkanes of at least 4 members (excludes halogenated alkanes) is 1. The lowest BCUT2D eigenvalue weighted by Crippen LogP contribution is -2.14. The van der Waals surface area contributed by atoms with E-state index >= 15 is 0 Å². The average molecular weight is 503 g/mol. The molecule has 7 heteroatoms. The molecule has 0 aliphatic carbocycles. The molecule has 1 heterocycles. The first-order chi connectivity index (χ1) is 17.1. The van der Waals surface area contributed by atoms with Crippen molar-refractivity contribution in [2.75, 3.05) is 11.1 Å². The molecule has 0 fully saturated rings. The summed E-state index contributed by atoms with van der Waals surface area (Å²) >= 11 is 3.12. The first-order valence-electron chi connectivity index (χ1n) is 11.8. The molecule has 5 nitrogen and oxygen atoms in total. The summed E-state index contributed by atoms with van der Waals surface area (Å²) in [5.74, 6) is 1.73. The number of amides is 1. The molecule has 0 bridgehead atoms. The minimum Gasteiger partial charge on any atom is -0.325 e. The van der Waals surface area contributed by atoms with Gasteiger partial charge in [-0.05, 0) is 61.7 Å². The normalized spacial score (nSPS) is 10.9. The van der Waals surface area contributed by atoms with Crippen molar-refractivity contribution in [3.8, 4) is 5.69 Å². The minimum absolute atomic E-state index is 0.0606. The fourth-order valence-electron chi connectivity index (χ4n) is 3.57. The summed E-state index contributed by atoms with van der Waals surface area (Å²) in [6, 6.07) is 26.6. The molecule has 0 unspecified atom stereocenters. The fraction of sp³-hybridized carbons (Fsp3) is 0.250. The van der Waals surface area contributed by atoms with E-state index in [2.05, 4.69) is 65.8 Å². The fourth-order valence-corrected chi connectivity index (χ4v) is 5.15. The van der Waals surface area contributed by atoms with Gasteiger partial charge >= 0.3 is 0 Å². The van der Waals surface area contributed by atoms with E-state index in [0.717, 1.165) is 23.6 Å². The number of carbonyl (C=O) groups is 1. The maximum absolute atomic E-state index is 12.6. The van der Waals surface area contributed by atoms with Gasteiger partial charge in [0.1, 0.15) is 5.82 Å². The minimum atomic E-state index is -0.0606. The monoisotopic (exact) mass is 502 g/mol. The van der Waals surface area contributed by atoms with Crippen molar-refractivity contribution < 1.29 is 4.79 Å². The van der Waals surface area contributed by atoms with Crippen LogP contribution in [0.3, 0.4) is 0 Å². The molecule has 0 saturated heterocycles. The van der Waals surface area contributed by atoms with Gasteiger partial charge in [-0.3, -0.25) is 9.36 Å². The van der Waals surface area contributed by atoms with E-state index in [-0.39, 0.29) is 11.7 Å². The number of para-hydroxylation sites is 1. The van der Waals surface area contributed by atoms with Gasteiger partial charge < -0.3 is 5.32 Å². The van der Waals surface area contributed by atoms with Gasteiger partial charge in [0.15, 0.2) is 5.16 Å². The molecule has 1 amide bonds. The number of carbonyl (C=O) groups excluding carboxylic acids is 1. The highest BCUT2D eigenvalue weighted by atomic mass is 32.2. The number of benzene rings is 3. The third-order valence-corrected chi connectivity index (χ3v) is 7.43. The van der Waals surface area contributed by atoms with Gasteiger partial charge in [0.2, 0.25) is 5.91 Å². The summed E-state index contributed by atoms with van der Waals surface area (Å²) < 4.78 is 2.04. The highest BCUT2D eigenvalue weighted by molar-refractivity contribution is 7.99. The van der Waals surface area contributed by atoms with Gasteiger partial charge in [0.25, 0.3) is 0 Å². The number of thioether (sulfide) groups is 2. The molecule has 1 N–H and O–H groups in total. The molecule has 0 atom stereocenters. The van der Waals surface area contributed by atoms with Gasteiger partial charge in [-0.2, -0.15) is 0 Å².